The van der Waals surface area contributed by atoms with Crippen LogP contribution in [0.2, 0.25) is 0 Å². The summed E-state index contributed by atoms with van der Waals surface area (Å²) in [6, 6.07) is 3.75. The summed E-state index contributed by atoms with van der Waals surface area (Å²) < 4.78 is 28.5. The lowest BCUT2D eigenvalue weighted by Crippen LogP contribution is -2.08. The Morgan fingerprint density at radius 1 is 1.24 bits per heavy atom. The number of nitrogen functional groups attached to an aromatic ring is 1. The Morgan fingerprint density at radius 2 is 1.95 bits per heavy atom. The van der Waals surface area contributed by atoms with Gasteiger partial charge in [0.2, 0.25) is 0 Å². The normalized spacial score (nSPS) is 11.3. The fraction of sp³-hybridized carbons (Fsp3) is 0.438. The first kappa shape index (κ1) is 15.5. The number of nitrogens with two attached hydrogens (primary N) is 1. The summed E-state index contributed by atoms with van der Waals surface area (Å²) in [6.45, 7) is 6.98. The second-order valence-corrected chi connectivity index (χ2v) is 5.49. The molecular weight excluding hydrogens is 272 g/mol. The molecule has 3 nitrogen and oxygen atoms in total. The number of hydrogen-bond donors (Lipinski definition) is 1. The lowest BCUT2D eigenvalue weighted by molar-refractivity contribution is 0.509. The third-order valence-corrected chi connectivity index (χ3v) is 3.48. The molecule has 0 unspecified atom stereocenters. The van der Waals surface area contributed by atoms with Gasteiger partial charge in [0.25, 0.3) is 0 Å². The Balaban J connectivity index is 2.51. The van der Waals surface area contributed by atoms with Crippen LogP contribution >= 0.6 is 0 Å². The molecule has 21 heavy (non-hydrogen) atoms. The van der Waals surface area contributed by atoms with Gasteiger partial charge in [-0.2, -0.15) is 0 Å². The minimum absolute atomic E-state index is 0.211. The first-order valence-corrected chi connectivity index (χ1v) is 7.27. The largest absolute Gasteiger partial charge is 0.383 e. The number of imidazole rings is 1. The van der Waals surface area contributed by atoms with Crippen LogP contribution in [0.1, 0.15) is 45.4 Å². The second-order valence-electron chi connectivity index (χ2n) is 5.49. The molecule has 2 rings (SSSR count). The zero-order valence-electron chi connectivity index (χ0n) is 12.7. The Morgan fingerprint density at radius 3 is 2.52 bits per heavy atom. The molecular formula is C16H21F2N3. The van der Waals surface area contributed by atoms with E-state index in [2.05, 4.69) is 11.9 Å². The second kappa shape index (κ2) is 6.24. The van der Waals surface area contributed by atoms with Gasteiger partial charge in [-0.25, -0.2) is 13.8 Å². The molecule has 0 aliphatic heterocycles. The standard InChI is InChI=1S/C16H21F2N3/c1-4-5-8-21-15(19)14(20-16(21)10(2)3)11-6-7-12(17)13(18)9-11/h6-7,9-10H,4-5,8,19H2,1-3H3. The van der Waals surface area contributed by atoms with Crippen molar-refractivity contribution in [3.05, 3.63) is 35.7 Å². The molecule has 0 aliphatic rings. The average Bonchev–Trinajstić information content (AvgIpc) is 2.77. The highest BCUT2D eigenvalue weighted by Gasteiger charge is 2.18. The fourth-order valence-corrected chi connectivity index (χ4v) is 2.33. The molecule has 5 heteroatoms. The summed E-state index contributed by atoms with van der Waals surface area (Å²) in [5, 5.41) is 0. The molecule has 1 aromatic carbocycles. The summed E-state index contributed by atoms with van der Waals surface area (Å²) in [5.74, 6) is -0.157. The highest BCUT2D eigenvalue weighted by atomic mass is 19.2. The number of anilines is 1. The lowest BCUT2D eigenvalue weighted by Gasteiger charge is -2.11. The van der Waals surface area contributed by atoms with Gasteiger partial charge in [-0.15, -0.1) is 0 Å². The summed E-state index contributed by atoms with van der Waals surface area (Å²) in [5.41, 5.74) is 7.21. The monoisotopic (exact) mass is 293 g/mol. The van der Waals surface area contributed by atoms with Crippen LogP contribution in [0.25, 0.3) is 11.3 Å². The molecule has 2 N–H and O–H groups in total. The van der Waals surface area contributed by atoms with Gasteiger partial charge >= 0.3 is 0 Å². The third-order valence-electron chi connectivity index (χ3n) is 3.48. The number of nitrogens with zero attached hydrogens (tertiary/aromatic N) is 2. The molecule has 0 spiro atoms. The Kier molecular flexibility index (Phi) is 4.60. The summed E-state index contributed by atoms with van der Waals surface area (Å²) >= 11 is 0. The first-order valence-electron chi connectivity index (χ1n) is 7.27. The number of benzene rings is 1. The van der Waals surface area contributed by atoms with Gasteiger partial charge in [0.05, 0.1) is 0 Å². The zero-order chi connectivity index (χ0) is 15.6. The van der Waals surface area contributed by atoms with Gasteiger partial charge in [-0.3, -0.25) is 0 Å². The molecule has 1 heterocycles. The van der Waals surface area contributed by atoms with Crippen LogP contribution in [0.3, 0.4) is 0 Å². The molecule has 0 bridgehead atoms. The van der Waals surface area contributed by atoms with E-state index < -0.39 is 11.6 Å². The number of rotatable bonds is 5. The molecule has 0 aliphatic carbocycles. The van der Waals surface area contributed by atoms with Crippen LogP contribution in [0.4, 0.5) is 14.6 Å². The van der Waals surface area contributed by atoms with Crippen molar-refractivity contribution in [1.29, 1.82) is 0 Å². The number of halogens is 2. The van der Waals surface area contributed by atoms with E-state index in [0.29, 0.717) is 17.1 Å². The van der Waals surface area contributed by atoms with Crippen LogP contribution in [-0.2, 0) is 6.54 Å². The molecule has 2 aromatic rings. The maximum absolute atomic E-state index is 13.4. The van der Waals surface area contributed by atoms with Gasteiger partial charge < -0.3 is 10.3 Å². The van der Waals surface area contributed by atoms with Crippen LogP contribution in [0.5, 0.6) is 0 Å². The van der Waals surface area contributed by atoms with Gasteiger partial charge in [0.1, 0.15) is 17.3 Å². The predicted molar refractivity (Wildman–Crippen MR) is 81.0 cm³/mol. The van der Waals surface area contributed by atoms with Crippen molar-refractivity contribution in [2.75, 3.05) is 5.73 Å². The van der Waals surface area contributed by atoms with E-state index in [4.69, 9.17) is 5.73 Å². The van der Waals surface area contributed by atoms with Gasteiger partial charge in [-0.1, -0.05) is 27.2 Å². The molecule has 0 fully saturated rings. The number of hydrogen-bond acceptors (Lipinski definition) is 2. The SMILES string of the molecule is CCCCn1c(C(C)C)nc(-c2ccc(F)c(F)c2)c1N. The van der Waals surface area contributed by atoms with Crippen molar-refractivity contribution in [1.82, 2.24) is 9.55 Å². The maximum atomic E-state index is 13.4. The van der Waals surface area contributed by atoms with Crippen LogP contribution in [-0.4, -0.2) is 9.55 Å². The molecule has 0 amide bonds. The molecule has 0 saturated carbocycles. The smallest absolute Gasteiger partial charge is 0.159 e. The first-order chi connectivity index (χ1) is 9.95. The van der Waals surface area contributed by atoms with Gasteiger partial charge in [0.15, 0.2) is 11.6 Å². The van der Waals surface area contributed by atoms with E-state index in [-0.39, 0.29) is 5.92 Å². The number of aromatic nitrogens is 2. The van der Waals surface area contributed by atoms with Crippen molar-refractivity contribution < 1.29 is 8.78 Å². The van der Waals surface area contributed by atoms with E-state index in [1.807, 2.05) is 18.4 Å². The highest BCUT2D eigenvalue weighted by molar-refractivity contribution is 5.71. The quantitative estimate of drug-likeness (QED) is 0.891. The van der Waals surface area contributed by atoms with Gasteiger partial charge in [0, 0.05) is 18.0 Å². The third kappa shape index (κ3) is 3.06. The van der Waals surface area contributed by atoms with E-state index >= 15 is 0 Å². The summed E-state index contributed by atoms with van der Waals surface area (Å²) in [4.78, 5) is 4.55. The Labute approximate surface area is 123 Å². The fourth-order valence-electron chi connectivity index (χ4n) is 2.33. The maximum Gasteiger partial charge on any atom is 0.159 e. The summed E-state index contributed by atoms with van der Waals surface area (Å²) in [7, 11) is 0. The lowest BCUT2D eigenvalue weighted by atomic mass is 10.1. The number of unbranched alkanes of at least 4 members (excludes halogenated alkanes) is 1. The molecule has 0 radical (unpaired) electrons. The van der Waals surface area contributed by atoms with Crippen LogP contribution in [0, 0.1) is 11.6 Å². The zero-order valence-corrected chi connectivity index (χ0v) is 12.7. The van der Waals surface area contributed by atoms with Crippen molar-refractivity contribution in [2.24, 2.45) is 0 Å². The van der Waals surface area contributed by atoms with E-state index in [0.717, 1.165) is 37.3 Å². The van der Waals surface area contributed by atoms with Crippen LogP contribution in [0.15, 0.2) is 18.2 Å². The average molecular weight is 293 g/mol. The minimum Gasteiger partial charge on any atom is -0.383 e. The van der Waals surface area contributed by atoms with E-state index in [9.17, 15) is 8.78 Å². The van der Waals surface area contributed by atoms with Crippen LogP contribution < -0.4 is 5.73 Å². The Bertz CT molecular complexity index is 633. The Hall–Kier alpha value is -1.91. The summed E-state index contributed by atoms with van der Waals surface area (Å²) in [6.07, 6.45) is 2.05. The van der Waals surface area contributed by atoms with Gasteiger partial charge in [-0.05, 0) is 24.6 Å². The molecule has 114 valence electrons. The highest BCUT2D eigenvalue weighted by Crippen LogP contribution is 2.30. The van der Waals surface area contributed by atoms with Crippen molar-refractivity contribution >= 4 is 5.82 Å². The minimum atomic E-state index is -0.888. The molecule has 0 atom stereocenters. The molecule has 0 saturated heterocycles. The van der Waals surface area contributed by atoms with Crippen molar-refractivity contribution in [2.45, 2.75) is 46.1 Å². The van der Waals surface area contributed by atoms with Crippen molar-refractivity contribution in [3.8, 4) is 11.3 Å². The van der Waals surface area contributed by atoms with E-state index in [1.165, 1.54) is 6.07 Å². The topological polar surface area (TPSA) is 43.8 Å². The van der Waals surface area contributed by atoms with Crippen molar-refractivity contribution in [3.63, 3.8) is 0 Å². The predicted octanol–water partition coefficient (Wildman–Crippen LogP) is 4.33. The van der Waals surface area contributed by atoms with E-state index in [1.54, 1.807) is 0 Å². The molecule has 1 aromatic heterocycles.